The lowest BCUT2D eigenvalue weighted by molar-refractivity contribution is 0.101. The summed E-state index contributed by atoms with van der Waals surface area (Å²) in [5, 5.41) is 12.3. The molecule has 4 aromatic rings. The molecular formula is C25H21ClN4O3S. The van der Waals surface area contributed by atoms with E-state index in [1.54, 1.807) is 65.2 Å². The van der Waals surface area contributed by atoms with Gasteiger partial charge in [0, 0.05) is 23.9 Å². The molecule has 0 fully saturated rings. The van der Waals surface area contributed by atoms with E-state index in [-0.39, 0.29) is 24.1 Å². The number of nitrogens with one attached hydrogen (secondary N) is 1. The second kappa shape index (κ2) is 11.0. The monoisotopic (exact) mass is 492 g/mol. The molecule has 0 saturated heterocycles. The molecule has 3 aromatic carbocycles. The second-order valence-electron chi connectivity index (χ2n) is 7.29. The van der Waals surface area contributed by atoms with Crippen molar-refractivity contribution < 1.29 is 14.3 Å². The Morgan fingerprint density at radius 1 is 0.941 bits per heavy atom. The van der Waals surface area contributed by atoms with Crippen molar-refractivity contribution >= 4 is 40.7 Å². The molecular weight excluding hydrogens is 472 g/mol. The first kappa shape index (κ1) is 23.5. The molecule has 1 heterocycles. The summed E-state index contributed by atoms with van der Waals surface area (Å²) in [6.45, 7) is 0.206. The van der Waals surface area contributed by atoms with Gasteiger partial charge in [-0.2, -0.15) is 0 Å². The fourth-order valence-electron chi connectivity index (χ4n) is 3.05. The summed E-state index contributed by atoms with van der Waals surface area (Å²) in [7, 11) is 1.82. The smallest absolute Gasteiger partial charge is 0.255 e. The number of nitrogens with zero attached hydrogens (tertiary/aromatic N) is 3. The van der Waals surface area contributed by atoms with E-state index in [4.69, 9.17) is 16.3 Å². The highest BCUT2D eigenvalue weighted by Crippen LogP contribution is 2.24. The molecule has 0 aliphatic heterocycles. The quantitative estimate of drug-likeness (QED) is 0.253. The lowest BCUT2D eigenvalue weighted by Gasteiger charge is -2.08. The van der Waals surface area contributed by atoms with E-state index in [1.165, 1.54) is 11.8 Å². The largest absolute Gasteiger partial charge is 0.484 e. The summed E-state index contributed by atoms with van der Waals surface area (Å²) in [5.74, 6) is 1.13. The molecule has 172 valence electrons. The Morgan fingerprint density at radius 2 is 1.65 bits per heavy atom. The minimum Gasteiger partial charge on any atom is -0.484 e. The minimum atomic E-state index is -0.202. The highest BCUT2D eigenvalue weighted by molar-refractivity contribution is 7.99. The lowest BCUT2D eigenvalue weighted by Crippen LogP contribution is -2.12. The number of thioether (sulfide) groups is 1. The van der Waals surface area contributed by atoms with E-state index in [1.807, 2.05) is 25.2 Å². The van der Waals surface area contributed by atoms with Gasteiger partial charge in [-0.25, -0.2) is 0 Å². The Kier molecular flexibility index (Phi) is 7.61. The van der Waals surface area contributed by atoms with Crippen LogP contribution in [0.2, 0.25) is 5.02 Å². The Bertz CT molecular complexity index is 1290. The standard InChI is InChI=1S/C25H21ClN4O3S/c1-30-23(15-33-22-10-6-5-9-20(22)26)28-29-25(30)34-16-21(31)17-11-13-19(14-12-17)27-24(32)18-7-3-2-4-8-18/h2-14H,15-16H2,1H3,(H,27,32). The van der Waals surface area contributed by atoms with Crippen molar-refractivity contribution in [2.24, 2.45) is 7.05 Å². The summed E-state index contributed by atoms with van der Waals surface area (Å²) in [4.78, 5) is 24.9. The molecule has 34 heavy (non-hydrogen) atoms. The topological polar surface area (TPSA) is 86.1 Å². The number of para-hydroxylation sites is 1. The zero-order chi connectivity index (χ0) is 23.9. The molecule has 0 atom stereocenters. The summed E-state index contributed by atoms with van der Waals surface area (Å²) in [5.41, 5.74) is 1.74. The molecule has 4 rings (SSSR count). The molecule has 0 radical (unpaired) electrons. The van der Waals surface area contributed by atoms with Crippen LogP contribution in [0.25, 0.3) is 0 Å². The van der Waals surface area contributed by atoms with E-state index >= 15 is 0 Å². The first-order chi connectivity index (χ1) is 16.5. The van der Waals surface area contributed by atoms with Crippen LogP contribution in [0.5, 0.6) is 5.75 Å². The SMILES string of the molecule is Cn1c(COc2ccccc2Cl)nnc1SCC(=O)c1ccc(NC(=O)c2ccccc2)cc1. The van der Waals surface area contributed by atoms with E-state index in [2.05, 4.69) is 15.5 Å². The summed E-state index contributed by atoms with van der Waals surface area (Å²) in [6, 6.07) is 23.0. The maximum Gasteiger partial charge on any atom is 0.255 e. The van der Waals surface area contributed by atoms with Gasteiger partial charge in [-0.3, -0.25) is 9.59 Å². The number of benzene rings is 3. The predicted molar refractivity (Wildman–Crippen MR) is 133 cm³/mol. The molecule has 1 aromatic heterocycles. The van der Waals surface area contributed by atoms with Gasteiger partial charge in [0.05, 0.1) is 10.8 Å². The summed E-state index contributed by atoms with van der Waals surface area (Å²) < 4.78 is 7.51. The zero-order valence-electron chi connectivity index (χ0n) is 18.3. The van der Waals surface area contributed by atoms with Crippen LogP contribution in [-0.4, -0.2) is 32.2 Å². The fourth-order valence-corrected chi connectivity index (χ4v) is 4.06. The molecule has 0 aliphatic rings. The van der Waals surface area contributed by atoms with Crippen molar-refractivity contribution in [3.8, 4) is 5.75 Å². The number of amides is 1. The number of aromatic nitrogens is 3. The molecule has 0 bridgehead atoms. The van der Waals surface area contributed by atoms with Crippen LogP contribution in [0.3, 0.4) is 0 Å². The fraction of sp³-hybridized carbons (Fsp3) is 0.120. The van der Waals surface area contributed by atoms with Crippen LogP contribution in [0.15, 0.2) is 84.0 Å². The number of carbonyl (C=O) groups excluding carboxylic acids is 2. The predicted octanol–water partition coefficient (Wildman–Crippen LogP) is 5.27. The van der Waals surface area contributed by atoms with Crippen molar-refractivity contribution in [2.75, 3.05) is 11.1 Å². The van der Waals surface area contributed by atoms with E-state index in [0.717, 1.165) is 0 Å². The van der Waals surface area contributed by atoms with E-state index in [9.17, 15) is 9.59 Å². The van der Waals surface area contributed by atoms with Crippen LogP contribution in [0.4, 0.5) is 5.69 Å². The molecule has 1 N–H and O–H groups in total. The first-order valence-electron chi connectivity index (χ1n) is 10.4. The molecule has 1 amide bonds. The number of hydrogen-bond acceptors (Lipinski definition) is 6. The second-order valence-corrected chi connectivity index (χ2v) is 8.64. The number of ether oxygens (including phenoxy) is 1. The highest BCUT2D eigenvalue weighted by Gasteiger charge is 2.14. The van der Waals surface area contributed by atoms with Gasteiger partial charge >= 0.3 is 0 Å². The average molecular weight is 493 g/mol. The number of halogens is 1. The van der Waals surface area contributed by atoms with Crippen LogP contribution >= 0.6 is 23.4 Å². The first-order valence-corrected chi connectivity index (χ1v) is 11.8. The number of hydrogen-bond donors (Lipinski definition) is 1. The molecule has 0 aliphatic carbocycles. The lowest BCUT2D eigenvalue weighted by atomic mass is 10.1. The molecule has 7 nitrogen and oxygen atoms in total. The minimum absolute atomic E-state index is 0.0530. The third-order valence-corrected chi connectivity index (χ3v) is 6.28. The number of anilines is 1. The Balaban J connectivity index is 1.30. The van der Waals surface area contributed by atoms with Gasteiger partial charge in [0.25, 0.3) is 5.91 Å². The Labute approximate surface area is 206 Å². The third kappa shape index (κ3) is 5.84. The number of Topliss-reactive ketones (excluding diaryl/α,β-unsaturated/α-hetero) is 1. The molecule has 0 unspecified atom stereocenters. The van der Waals surface area contributed by atoms with Crippen molar-refractivity contribution in [1.29, 1.82) is 0 Å². The maximum absolute atomic E-state index is 12.6. The van der Waals surface area contributed by atoms with Crippen molar-refractivity contribution in [2.45, 2.75) is 11.8 Å². The number of rotatable bonds is 9. The van der Waals surface area contributed by atoms with Gasteiger partial charge in [-0.15, -0.1) is 10.2 Å². The number of ketones is 1. The average Bonchev–Trinajstić information content (AvgIpc) is 3.22. The van der Waals surface area contributed by atoms with Gasteiger partial charge in [0.1, 0.15) is 12.4 Å². The third-order valence-electron chi connectivity index (χ3n) is 4.95. The van der Waals surface area contributed by atoms with Crippen LogP contribution in [-0.2, 0) is 13.7 Å². The maximum atomic E-state index is 12.6. The van der Waals surface area contributed by atoms with E-state index in [0.29, 0.717) is 38.6 Å². The molecule has 9 heteroatoms. The van der Waals surface area contributed by atoms with Crippen molar-refractivity contribution in [3.63, 3.8) is 0 Å². The summed E-state index contributed by atoms with van der Waals surface area (Å²) >= 11 is 7.41. The van der Waals surface area contributed by atoms with Gasteiger partial charge < -0.3 is 14.6 Å². The van der Waals surface area contributed by atoms with Crippen LogP contribution < -0.4 is 10.1 Å². The molecule has 0 spiro atoms. The van der Waals surface area contributed by atoms with E-state index < -0.39 is 0 Å². The number of carbonyl (C=O) groups is 2. The molecule has 0 saturated carbocycles. The zero-order valence-corrected chi connectivity index (χ0v) is 19.8. The summed E-state index contributed by atoms with van der Waals surface area (Å²) in [6.07, 6.45) is 0. The van der Waals surface area contributed by atoms with Crippen molar-refractivity contribution in [3.05, 3.63) is 101 Å². The van der Waals surface area contributed by atoms with Crippen LogP contribution in [0.1, 0.15) is 26.5 Å². The van der Waals surface area contributed by atoms with Gasteiger partial charge in [-0.1, -0.05) is 53.7 Å². The van der Waals surface area contributed by atoms with Crippen molar-refractivity contribution in [1.82, 2.24) is 14.8 Å². The van der Waals surface area contributed by atoms with Gasteiger partial charge in [-0.05, 0) is 48.5 Å². The van der Waals surface area contributed by atoms with Crippen LogP contribution in [0, 0.1) is 0 Å². The highest BCUT2D eigenvalue weighted by atomic mass is 35.5. The Hall–Kier alpha value is -3.62. The van der Waals surface area contributed by atoms with Gasteiger partial charge in [0.15, 0.2) is 16.8 Å². The Morgan fingerprint density at radius 3 is 2.38 bits per heavy atom. The van der Waals surface area contributed by atoms with Gasteiger partial charge in [0.2, 0.25) is 0 Å². The normalized spacial score (nSPS) is 10.6.